The van der Waals surface area contributed by atoms with Crippen molar-refractivity contribution in [2.75, 3.05) is 6.54 Å². The van der Waals surface area contributed by atoms with Crippen molar-refractivity contribution in [1.29, 1.82) is 0 Å². The van der Waals surface area contributed by atoms with Crippen molar-refractivity contribution < 1.29 is 19.1 Å². The number of hydrogen-bond donors (Lipinski definition) is 2. The van der Waals surface area contributed by atoms with Crippen LogP contribution in [0.1, 0.15) is 57.4 Å². The zero-order valence-electron chi connectivity index (χ0n) is 18.1. The minimum absolute atomic E-state index is 0.0277. The molecule has 0 aromatic heterocycles. The van der Waals surface area contributed by atoms with Crippen LogP contribution in [-0.2, 0) is 19.1 Å². The fourth-order valence-corrected chi connectivity index (χ4v) is 6.02. The molecule has 0 aliphatic heterocycles. The summed E-state index contributed by atoms with van der Waals surface area (Å²) in [5, 5.41) is 5.90. The number of carbonyl (C=O) groups is 3. The predicted molar refractivity (Wildman–Crippen MR) is 118 cm³/mol. The third-order valence-corrected chi connectivity index (χ3v) is 6.96. The molecule has 1 aromatic carbocycles. The van der Waals surface area contributed by atoms with Gasteiger partial charge in [0.15, 0.2) is 6.10 Å². The normalized spacial score (nSPS) is 29.5. The van der Waals surface area contributed by atoms with E-state index >= 15 is 0 Å². The molecule has 4 aliphatic carbocycles. The minimum Gasteiger partial charge on any atom is -0.452 e. The molecule has 4 aliphatic rings. The first-order chi connectivity index (χ1) is 14.9. The molecule has 5 rings (SSSR count). The van der Waals surface area contributed by atoms with Gasteiger partial charge >= 0.3 is 5.97 Å². The van der Waals surface area contributed by atoms with Crippen LogP contribution in [0.5, 0.6) is 0 Å². The lowest BCUT2D eigenvalue weighted by Crippen LogP contribution is -2.61. The van der Waals surface area contributed by atoms with Crippen molar-refractivity contribution in [3.05, 3.63) is 42.0 Å². The SMILES string of the molecule is C[C@@H](OC(=O)CCNC(=O)/C=C/c1ccccc1)C(=O)NC12CC3CC(CC(C3)C1)C2. The van der Waals surface area contributed by atoms with Crippen LogP contribution in [0.4, 0.5) is 0 Å². The number of rotatable bonds is 8. The number of benzene rings is 1. The van der Waals surface area contributed by atoms with Crippen molar-refractivity contribution in [1.82, 2.24) is 10.6 Å². The lowest BCUT2D eigenvalue weighted by molar-refractivity contribution is -0.156. The fraction of sp³-hybridized carbons (Fsp3) is 0.560. The Morgan fingerprint density at radius 3 is 2.29 bits per heavy atom. The highest BCUT2D eigenvalue weighted by atomic mass is 16.5. The van der Waals surface area contributed by atoms with Gasteiger partial charge < -0.3 is 15.4 Å². The average molecular weight is 425 g/mol. The maximum atomic E-state index is 12.7. The highest BCUT2D eigenvalue weighted by Crippen LogP contribution is 2.55. The Morgan fingerprint density at radius 1 is 1.06 bits per heavy atom. The van der Waals surface area contributed by atoms with Crippen LogP contribution in [0.15, 0.2) is 36.4 Å². The van der Waals surface area contributed by atoms with Crippen molar-refractivity contribution in [2.24, 2.45) is 17.8 Å². The molecule has 2 N–H and O–H groups in total. The van der Waals surface area contributed by atoms with Crippen LogP contribution in [-0.4, -0.2) is 36.0 Å². The molecule has 1 aromatic rings. The van der Waals surface area contributed by atoms with Gasteiger partial charge in [-0.1, -0.05) is 30.3 Å². The first kappa shape index (κ1) is 21.6. The van der Waals surface area contributed by atoms with Crippen LogP contribution >= 0.6 is 0 Å². The van der Waals surface area contributed by atoms with E-state index in [0.29, 0.717) is 0 Å². The van der Waals surface area contributed by atoms with Crippen molar-refractivity contribution in [3.63, 3.8) is 0 Å². The third kappa shape index (κ3) is 5.54. The van der Waals surface area contributed by atoms with Crippen LogP contribution in [0.3, 0.4) is 0 Å². The van der Waals surface area contributed by atoms with Crippen molar-refractivity contribution in [3.8, 4) is 0 Å². The van der Waals surface area contributed by atoms with Crippen molar-refractivity contribution in [2.45, 2.75) is 63.5 Å². The molecule has 0 radical (unpaired) electrons. The average Bonchev–Trinajstić information content (AvgIpc) is 2.71. The van der Waals surface area contributed by atoms with E-state index in [2.05, 4.69) is 10.6 Å². The van der Waals surface area contributed by atoms with E-state index in [9.17, 15) is 14.4 Å². The molecular formula is C25H32N2O4. The monoisotopic (exact) mass is 424 g/mol. The number of amides is 2. The van der Waals surface area contributed by atoms with Crippen LogP contribution in [0.2, 0.25) is 0 Å². The second-order valence-electron chi connectivity index (χ2n) is 9.60. The Balaban J connectivity index is 1.17. The number of hydrogen-bond acceptors (Lipinski definition) is 4. The molecule has 4 fully saturated rings. The van der Waals surface area contributed by atoms with Gasteiger partial charge in [-0.3, -0.25) is 14.4 Å². The Labute approximate surface area is 183 Å². The summed E-state index contributed by atoms with van der Waals surface area (Å²) in [6, 6.07) is 9.50. The molecule has 0 spiro atoms. The van der Waals surface area contributed by atoms with E-state index < -0.39 is 12.1 Å². The van der Waals surface area contributed by atoms with E-state index in [1.807, 2.05) is 30.3 Å². The van der Waals surface area contributed by atoms with E-state index in [0.717, 1.165) is 42.6 Å². The zero-order valence-corrected chi connectivity index (χ0v) is 18.1. The van der Waals surface area contributed by atoms with Gasteiger partial charge in [-0.25, -0.2) is 0 Å². The zero-order chi connectivity index (χ0) is 21.8. The standard InChI is InChI=1S/C25H32N2O4/c1-17(24(30)27-25-14-19-11-20(15-25)13-21(12-19)16-25)31-23(29)9-10-26-22(28)8-7-18-5-3-2-4-6-18/h2-8,17,19-21H,9-16H2,1H3,(H,26,28)(H,27,30)/b8-7+/t17-,19?,20?,21?,25?/m1/s1. The van der Waals surface area contributed by atoms with Crippen LogP contribution in [0, 0.1) is 17.8 Å². The molecule has 31 heavy (non-hydrogen) atoms. The summed E-state index contributed by atoms with van der Waals surface area (Å²) in [4.78, 5) is 36.7. The van der Waals surface area contributed by atoms with Crippen LogP contribution < -0.4 is 10.6 Å². The van der Waals surface area contributed by atoms with Gasteiger partial charge in [-0.15, -0.1) is 0 Å². The first-order valence-electron chi connectivity index (χ1n) is 11.4. The highest BCUT2D eigenvalue weighted by molar-refractivity contribution is 5.92. The highest BCUT2D eigenvalue weighted by Gasteiger charge is 2.51. The second-order valence-corrected chi connectivity index (χ2v) is 9.60. The Kier molecular flexibility index (Phi) is 6.44. The number of nitrogens with one attached hydrogen (secondary N) is 2. The third-order valence-electron chi connectivity index (χ3n) is 6.96. The Hall–Kier alpha value is -2.63. The van der Waals surface area contributed by atoms with Gasteiger partial charge in [-0.2, -0.15) is 0 Å². The molecule has 0 saturated heterocycles. The van der Waals surface area contributed by atoms with E-state index in [1.165, 1.54) is 25.3 Å². The Morgan fingerprint density at radius 2 is 1.68 bits per heavy atom. The molecule has 6 nitrogen and oxygen atoms in total. The molecule has 4 saturated carbocycles. The van der Waals surface area contributed by atoms with E-state index in [1.54, 1.807) is 13.0 Å². The molecule has 2 amide bonds. The van der Waals surface area contributed by atoms with Gasteiger partial charge in [0.1, 0.15) is 0 Å². The van der Waals surface area contributed by atoms with Gasteiger partial charge in [0, 0.05) is 18.2 Å². The van der Waals surface area contributed by atoms with E-state index in [-0.39, 0.29) is 30.3 Å². The first-order valence-corrected chi connectivity index (χ1v) is 11.4. The number of esters is 1. The molecular weight excluding hydrogens is 392 g/mol. The van der Waals surface area contributed by atoms with Gasteiger partial charge in [0.05, 0.1) is 6.42 Å². The quantitative estimate of drug-likeness (QED) is 0.496. The maximum Gasteiger partial charge on any atom is 0.308 e. The lowest BCUT2D eigenvalue weighted by Gasteiger charge is -2.57. The van der Waals surface area contributed by atoms with Gasteiger partial charge in [-0.05, 0) is 74.8 Å². The summed E-state index contributed by atoms with van der Waals surface area (Å²) in [6.45, 7) is 1.79. The number of ether oxygens (including phenoxy) is 1. The predicted octanol–water partition coefficient (Wildman–Crippen LogP) is 3.22. The molecule has 0 heterocycles. The molecule has 0 unspecified atom stereocenters. The largest absolute Gasteiger partial charge is 0.452 e. The Bertz CT molecular complexity index is 813. The fourth-order valence-electron chi connectivity index (χ4n) is 6.02. The molecule has 1 atom stereocenters. The molecule has 166 valence electrons. The summed E-state index contributed by atoms with van der Waals surface area (Å²) < 4.78 is 5.32. The summed E-state index contributed by atoms with van der Waals surface area (Å²) in [5.41, 5.74) is 0.835. The van der Waals surface area contributed by atoms with Gasteiger partial charge in [0.25, 0.3) is 5.91 Å². The van der Waals surface area contributed by atoms with Crippen molar-refractivity contribution >= 4 is 23.9 Å². The van der Waals surface area contributed by atoms with Crippen LogP contribution in [0.25, 0.3) is 6.08 Å². The lowest BCUT2D eigenvalue weighted by atomic mass is 9.53. The maximum absolute atomic E-state index is 12.7. The topological polar surface area (TPSA) is 84.5 Å². The summed E-state index contributed by atoms with van der Waals surface area (Å²) in [5.74, 6) is 1.26. The summed E-state index contributed by atoms with van der Waals surface area (Å²) in [6.07, 6.45) is 9.47. The second kappa shape index (κ2) is 9.25. The number of carbonyl (C=O) groups excluding carboxylic acids is 3. The summed E-state index contributed by atoms with van der Waals surface area (Å²) in [7, 11) is 0. The van der Waals surface area contributed by atoms with Gasteiger partial charge in [0.2, 0.25) is 5.91 Å². The summed E-state index contributed by atoms with van der Waals surface area (Å²) >= 11 is 0. The van der Waals surface area contributed by atoms with E-state index in [4.69, 9.17) is 4.74 Å². The minimum atomic E-state index is -0.825. The molecule has 4 bridgehead atoms. The molecule has 6 heteroatoms. The smallest absolute Gasteiger partial charge is 0.308 e.